The van der Waals surface area contributed by atoms with E-state index in [0.717, 1.165) is 5.56 Å². The van der Waals surface area contributed by atoms with E-state index in [2.05, 4.69) is 0 Å². The molecule has 2 rings (SSSR count). The van der Waals surface area contributed by atoms with Gasteiger partial charge in [0.2, 0.25) is 6.29 Å². The summed E-state index contributed by atoms with van der Waals surface area (Å²) in [6.45, 7) is 5.11. The number of alkyl halides is 1. The first-order valence-corrected chi connectivity index (χ1v) is 11.2. The van der Waals surface area contributed by atoms with E-state index in [9.17, 15) is 9.36 Å². The van der Waals surface area contributed by atoms with Gasteiger partial charge in [0.15, 0.2) is 0 Å². The molecule has 0 radical (unpaired) electrons. The summed E-state index contributed by atoms with van der Waals surface area (Å²) in [6.07, 6.45) is -1.05. The summed E-state index contributed by atoms with van der Waals surface area (Å²) < 4.78 is 35.4. The largest absolute Gasteiger partial charge is 0.533 e. The van der Waals surface area contributed by atoms with Crippen LogP contribution in [0.4, 0.5) is 0 Å². The predicted octanol–water partition coefficient (Wildman–Crippen LogP) is 5.95. The molecule has 0 amide bonds. The van der Waals surface area contributed by atoms with E-state index in [0.29, 0.717) is 5.75 Å². The lowest BCUT2D eigenvalue weighted by atomic mass is 9.97. The zero-order valence-electron chi connectivity index (χ0n) is 16.7. The minimum absolute atomic E-state index is 0.00817. The summed E-state index contributed by atoms with van der Waals surface area (Å²) in [7, 11) is -4.14. The summed E-state index contributed by atoms with van der Waals surface area (Å²) >= 11 is 5.81. The quantitative estimate of drug-likeness (QED) is 0.197. The number of halogens is 1. The van der Waals surface area contributed by atoms with Crippen LogP contribution in [0.3, 0.4) is 0 Å². The van der Waals surface area contributed by atoms with E-state index in [1.165, 1.54) is 0 Å². The van der Waals surface area contributed by atoms with Gasteiger partial charge in [-0.2, -0.15) is 0 Å². The topological polar surface area (TPSA) is 71.1 Å². The normalized spacial score (nSPS) is 14.6. The van der Waals surface area contributed by atoms with Crippen LogP contribution in [0, 0.1) is 5.41 Å². The Morgan fingerprint density at radius 3 is 2.17 bits per heavy atom. The number of phosphoric ester groups is 1. The minimum Gasteiger partial charge on any atom is -0.435 e. The van der Waals surface area contributed by atoms with Gasteiger partial charge in [-0.15, -0.1) is 11.6 Å². The number of carbonyl (C=O) groups is 1. The Bertz CT molecular complexity index is 807. The Morgan fingerprint density at radius 2 is 1.62 bits per heavy atom. The summed E-state index contributed by atoms with van der Waals surface area (Å²) in [4.78, 5) is 12.3. The third kappa shape index (κ3) is 8.19. The van der Waals surface area contributed by atoms with E-state index in [-0.39, 0.29) is 18.9 Å². The Kier molecular flexibility index (Phi) is 8.72. The number of ether oxygens (including phenoxy) is 1. The number of benzene rings is 2. The molecule has 2 aromatic rings. The van der Waals surface area contributed by atoms with Crippen LogP contribution in [-0.4, -0.2) is 18.1 Å². The second-order valence-electron chi connectivity index (χ2n) is 7.28. The zero-order valence-corrected chi connectivity index (χ0v) is 18.4. The zero-order chi connectivity index (χ0) is 21.3. The SMILES string of the molecule is CC(C)(C)C(=O)OC(CCCl)OP(=O)(OCc1ccccc1)Oc1ccccc1. The molecule has 0 heterocycles. The average Bonchev–Trinajstić information content (AvgIpc) is 2.67. The standard InChI is InChI=1S/C21H26ClO6P/c1-21(2,3)20(23)26-19(14-15-22)28-29(24,27-18-12-8-5-9-13-18)25-16-17-10-6-4-7-11-17/h4-13,19H,14-16H2,1-3H3. The van der Waals surface area contributed by atoms with Gasteiger partial charge in [0.1, 0.15) is 5.75 Å². The van der Waals surface area contributed by atoms with Crippen LogP contribution < -0.4 is 4.52 Å². The molecule has 0 bridgehead atoms. The number of esters is 1. The van der Waals surface area contributed by atoms with E-state index in [1.807, 2.05) is 30.3 Å². The molecule has 0 fully saturated rings. The maximum Gasteiger partial charge on any atom is 0.533 e. The van der Waals surface area contributed by atoms with Crippen molar-refractivity contribution in [2.24, 2.45) is 5.41 Å². The molecule has 0 aliphatic rings. The van der Waals surface area contributed by atoms with Crippen LogP contribution in [0.5, 0.6) is 5.75 Å². The molecule has 0 N–H and O–H groups in total. The molecule has 8 heteroatoms. The average molecular weight is 441 g/mol. The van der Waals surface area contributed by atoms with Gasteiger partial charge in [0.25, 0.3) is 0 Å². The van der Waals surface area contributed by atoms with Gasteiger partial charge in [-0.05, 0) is 38.5 Å². The van der Waals surface area contributed by atoms with E-state index >= 15 is 0 Å². The smallest absolute Gasteiger partial charge is 0.435 e. The van der Waals surface area contributed by atoms with Gasteiger partial charge < -0.3 is 9.26 Å². The highest BCUT2D eigenvalue weighted by Crippen LogP contribution is 2.51. The third-order valence-corrected chi connectivity index (χ3v) is 5.23. The molecule has 0 saturated carbocycles. The van der Waals surface area contributed by atoms with Crippen molar-refractivity contribution in [3.63, 3.8) is 0 Å². The lowest BCUT2D eigenvalue weighted by Crippen LogP contribution is -2.30. The van der Waals surface area contributed by atoms with Crippen molar-refractivity contribution in [3.8, 4) is 5.75 Å². The number of hydrogen-bond donors (Lipinski definition) is 0. The van der Waals surface area contributed by atoms with Gasteiger partial charge in [-0.3, -0.25) is 9.32 Å². The molecule has 0 aliphatic carbocycles. The van der Waals surface area contributed by atoms with E-state index in [1.54, 1.807) is 51.1 Å². The summed E-state index contributed by atoms with van der Waals surface area (Å²) in [6, 6.07) is 17.7. The maximum atomic E-state index is 13.4. The number of rotatable bonds is 10. The van der Waals surface area contributed by atoms with Crippen LogP contribution >= 0.6 is 19.4 Å². The Morgan fingerprint density at radius 1 is 1.03 bits per heavy atom. The van der Waals surface area contributed by atoms with Crippen LogP contribution in [0.2, 0.25) is 0 Å². The fraction of sp³-hybridized carbons (Fsp3) is 0.381. The fourth-order valence-corrected chi connectivity index (χ4v) is 3.54. The minimum atomic E-state index is -4.14. The molecule has 0 aromatic heterocycles. The van der Waals surface area contributed by atoms with E-state index < -0.39 is 25.5 Å². The molecule has 0 spiro atoms. The summed E-state index contributed by atoms with van der Waals surface area (Å²) in [5, 5.41) is 0. The monoisotopic (exact) mass is 440 g/mol. The van der Waals surface area contributed by atoms with Crippen molar-refractivity contribution >= 4 is 25.4 Å². The number of hydrogen-bond acceptors (Lipinski definition) is 6. The first kappa shape index (κ1) is 23.4. The summed E-state index contributed by atoms with van der Waals surface area (Å²) in [5.41, 5.74) is 0.0249. The maximum absolute atomic E-state index is 13.4. The molecule has 2 atom stereocenters. The second kappa shape index (κ2) is 10.8. The first-order valence-electron chi connectivity index (χ1n) is 9.20. The van der Waals surface area contributed by atoms with Crippen LogP contribution in [0.25, 0.3) is 0 Å². The van der Waals surface area contributed by atoms with Crippen LogP contribution in [0.1, 0.15) is 32.8 Å². The predicted molar refractivity (Wildman–Crippen MR) is 112 cm³/mol. The van der Waals surface area contributed by atoms with Crippen molar-refractivity contribution in [1.29, 1.82) is 0 Å². The molecule has 29 heavy (non-hydrogen) atoms. The Balaban J connectivity index is 2.19. The van der Waals surface area contributed by atoms with Gasteiger partial charge in [0.05, 0.1) is 12.0 Å². The van der Waals surface area contributed by atoms with Crippen molar-refractivity contribution in [1.82, 2.24) is 0 Å². The van der Waals surface area contributed by atoms with Crippen LogP contribution in [-0.2, 0) is 29.8 Å². The second-order valence-corrected chi connectivity index (χ2v) is 9.20. The highest BCUT2D eigenvalue weighted by molar-refractivity contribution is 7.48. The highest BCUT2D eigenvalue weighted by atomic mass is 35.5. The third-order valence-electron chi connectivity index (χ3n) is 3.63. The first-order chi connectivity index (χ1) is 13.7. The number of phosphoric acid groups is 1. The van der Waals surface area contributed by atoms with Gasteiger partial charge in [-0.25, -0.2) is 9.09 Å². The van der Waals surface area contributed by atoms with Crippen molar-refractivity contribution < 1.29 is 27.7 Å². The Labute approximate surface area is 176 Å². The van der Waals surface area contributed by atoms with Crippen molar-refractivity contribution in [2.75, 3.05) is 5.88 Å². The lowest BCUT2D eigenvalue weighted by Gasteiger charge is -2.26. The molecule has 158 valence electrons. The molecular weight excluding hydrogens is 415 g/mol. The lowest BCUT2D eigenvalue weighted by molar-refractivity contribution is -0.175. The van der Waals surface area contributed by atoms with Crippen LogP contribution in [0.15, 0.2) is 60.7 Å². The number of para-hydroxylation sites is 1. The highest BCUT2D eigenvalue weighted by Gasteiger charge is 2.36. The molecule has 6 nitrogen and oxygen atoms in total. The van der Waals surface area contributed by atoms with Gasteiger partial charge in [0, 0.05) is 12.3 Å². The summed E-state index contributed by atoms with van der Waals surface area (Å²) in [5.74, 6) is -0.0795. The number of carbonyl (C=O) groups excluding carboxylic acids is 1. The molecule has 0 saturated heterocycles. The van der Waals surface area contributed by atoms with Gasteiger partial charge in [-0.1, -0.05) is 48.5 Å². The molecule has 0 aliphatic heterocycles. The Hall–Kier alpha value is -1.85. The fourth-order valence-electron chi connectivity index (χ4n) is 2.08. The van der Waals surface area contributed by atoms with E-state index in [4.69, 9.17) is 29.9 Å². The van der Waals surface area contributed by atoms with Crippen molar-refractivity contribution in [3.05, 3.63) is 66.2 Å². The molecular formula is C21H26ClO6P. The van der Waals surface area contributed by atoms with Crippen molar-refractivity contribution in [2.45, 2.75) is 40.1 Å². The molecule has 2 unspecified atom stereocenters. The van der Waals surface area contributed by atoms with Gasteiger partial charge >= 0.3 is 13.8 Å². The molecule has 2 aromatic carbocycles.